The van der Waals surface area contributed by atoms with Crippen molar-refractivity contribution in [1.29, 1.82) is 0 Å². The van der Waals surface area contributed by atoms with Crippen molar-refractivity contribution in [3.63, 3.8) is 0 Å². The Kier molecular flexibility index (Phi) is 8.06. The summed E-state index contributed by atoms with van der Waals surface area (Å²) in [5.41, 5.74) is 7.72. The Morgan fingerprint density at radius 2 is 1.95 bits per heavy atom. The predicted molar refractivity (Wildman–Crippen MR) is 141 cm³/mol. The number of hydrogen-bond acceptors (Lipinski definition) is 6. The zero-order valence-electron chi connectivity index (χ0n) is 22.7. The van der Waals surface area contributed by atoms with Crippen molar-refractivity contribution in [3.8, 4) is 0 Å². The summed E-state index contributed by atoms with van der Waals surface area (Å²) in [5.74, 6) is -1.28. The van der Waals surface area contributed by atoms with Crippen LogP contribution in [-0.4, -0.2) is 46.6 Å². The molecule has 39 heavy (non-hydrogen) atoms. The van der Waals surface area contributed by atoms with E-state index in [9.17, 15) is 22.4 Å². The second-order valence-electron chi connectivity index (χ2n) is 10.8. The first-order chi connectivity index (χ1) is 18.2. The smallest absolute Gasteiger partial charge is 0.383 e. The molecule has 1 atom stereocenters. The number of anilines is 1. The van der Waals surface area contributed by atoms with E-state index in [-0.39, 0.29) is 24.7 Å². The molecule has 0 saturated heterocycles. The fourth-order valence-corrected chi connectivity index (χ4v) is 5.40. The normalized spacial score (nSPS) is 14.6. The number of carbonyl (C=O) groups is 1. The van der Waals surface area contributed by atoms with Crippen LogP contribution in [0.25, 0.3) is 11.0 Å². The van der Waals surface area contributed by atoms with Crippen molar-refractivity contribution >= 4 is 30.8 Å². The van der Waals surface area contributed by atoms with Crippen molar-refractivity contribution in [3.05, 3.63) is 52.2 Å². The van der Waals surface area contributed by atoms with Crippen molar-refractivity contribution in [2.45, 2.75) is 71.7 Å². The van der Waals surface area contributed by atoms with Crippen LogP contribution in [0.1, 0.15) is 52.8 Å². The minimum absolute atomic E-state index is 0.0753. The highest BCUT2D eigenvalue weighted by Crippen LogP contribution is 2.35. The van der Waals surface area contributed by atoms with Gasteiger partial charge < -0.3 is 24.7 Å². The lowest BCUT2D eigenvalue weighted by Gasteiger charge is -2.28. The third kappa shape index (κ3) is 5.94. The van der Waals surface area contributed by atoms with E-state index in [1.807, 2.05) is 0 Å². The van der Waals surface area contributed by atoms with Gasteiger partial charge in [-0.15, -0.1) is 0 Å². The molecular formula is C26H33F4N5O3Si. The molecule has 0 bridgehead atoms. The summed E-state index contributed by atoms with van der Waals surface area (Å²) >= 11 is 0. The molecule has 8 nitrogen and oxygen atoms in total. The van der Waals surface area contributed by atoms with Crippen LogP contribution in [0, 0.1) is 5.82 Å². The SMILES string of the molecule is CCN(C(=O)c1cc2nc(N)c3c(c2n1COCC[Si](C)(C)C)COC3)[C@H](C)c1ncc(C(F)(F)F)cc1F. The van der Waals surface area contributed by atoms with Crippen LogP contribution >= 0.6 is 0 Å². The van der Waals surface area contributed by atoms with Gasteiger partial charge in [0.15, 0.2) is 0 Å². The van der Waals surface area contributed by atoms with Crippen LogP contribution in [0.2, 0.25) is 25.7 Å². The quantitative estimate of drug-likeness (QED) is 0.201. The number of carbonyl (C=O) groups excluding carboxylic acids is 1. The molecule has 1 aliphatic heterocycles. The number of alkyl halides is 3. The number of amides is 1. The van der Waals surface area contributed by atoms with Gasteiger partial charge in [0, 0.05) is 38.5 Å². The third-order valence-electron chi connectivity index (χ3n) is 6.87. The minimum atomic E-state index is -4.73. The topological polar surface area (TPSA) is 95.5 Å². The highest BCUT2D eigenvalue weighted by atomic mass is 28.3. The first-order valence-electron chi connectivity index (χ1n) is 12.7. The summed E-state index contributed by atoms with van der Waals surface area (Å²) in [6.45, 7) is 11.3. The Balaban J connectivity index is 1.73. The highest BCUT2D eigenvalue weighted by Gasteiger charge is 2.34. The van der Waals surface area contributed by atoms with Gasteiger partial charge in [-0.05, 0) is 32.0 Å². The fraction of sp³-hybridized carbons (Fsp3) is 0.500. The van der Waals surface area contributed by atoms with Gasteiger partial charge in [0.25, 0.3) is 5.91 Å². The fourth-order valence-electron chi connectivity index (χ4n) is 4.65. The van der Waals surface area contributed by atoms with Crippen molar-refractivity contribution < 1.29 is 31.8 Å². The van der Waals surface area contributed by atoms with Crippen LogP contribution in [0.3, 0.4) is 0 Å². The molecule has 3 aromatic rings. The van der Waals surface area contributed by atoms with E-state index >= 15 is 0 Å². The maximum atomic E-state index is 14.8. The Hall–Kier alpha value is -3.03. The van der Waals surface area contributed by atoms with E-state index in [0.29, 0.717) is 48.9 Å². The molecule has 4 rings (SSSR count). The van der Waals surface area contributed by atoms with Crippen LogP contribution in [0.15, 0.2) is 18.3 Å². The molecule has 0 aromatic carbocycles. The Morgan fingerprint density at radius 3 is 2.56 bits per heavy atom. The van der Waals surface area contributed by atoms with Crippen LogP contribution < -0.4 is 5.73 Å². The molecule has 1 aliphatic rings. The Morgan fingerprint density at radius 1 is 1.26 bits per heavy atom. The van der Waals surface area contributed by atoms with Gasteiger partial charge in [-0.25, -0.2) is 9.37 Å². The minimum Gasteiger partial charge on any atom is -0.383 e. The van der Waals surface area contributed by atoms with E-state index in [2.05, 4.69) is 29.6 Å². The van der Waals surface area contributed by atoms with Gasteiger partial charge in [0.05, 0.1) is 41.5 Å². The van der Waals surface area contributed by atoms with Gasteiger partial charge >= 0.3 is 6.18 Å². The second kappa shape index (κ2) is 10.9. The average Bonchev–Trinajstić information content (AvgIpc) is 3.46. The van der Waals surface area contributed by atoms with Crippen LogP contribution in [-0.2, 0) is 35.6 Å². The number of fused-ring (bicyclic) bond motifs is 3. The number of rotatable bonds is 9. The molecule has 0 aliphatic carbocycles. The zero-order valence-corrected chi connectivity index (χ0v) is 23.7. The van der Waals surface area contributed by atoms with Gasteiger partial charge in [-0.1, -0.05) is 19.6 Å². The van der Waals surface area contributed by atoms with E-state index in [4.69, 9.17) is 15.2 Å². The lowest BCUT2D eigenvalue weighted by atomic mass is 10.1. The summed E-state index contributed by atoms with van der Waals surface area (Å²) in [7, 11) is -1.36. The van der Waals surface area contributed by atoms with Crippen LogP contribution in [0.5, 0.6) is 0 Å². The van der Waals surface area contributed by atoms with Crippen molar-refractivity contribution in [2.24, 2.45) is 0 Å². The number of hydrogen-bond donors (Lipinski definition) is 1. The molecule has 0 unspecified atom stereocenters. The number of nitrogens with two attached hydrogens (primary N) is 1. The number of ether oxygens (including phenoxy) is 2. The van der Waals surface area contributed by atoms with Crippen LogP contribution in [0.4, 0.5) is 23.4 Å². The van der Waals surface area contributed by atoms with Gasteiger partial charge in [-0.3, -0.25) is 9.78 Å². The summed E-state index contributed by atoms with van der Waals surface area (Å²) < 4.78 is 67.2. The van der Waals surface area contributed by atoms with Gasteiger partial charge in [0.1, 0.15) is 24.1 Å². The van der Waals surface area contributed by atoms with Crippen molar-refractivity contribution in [1.82, 2.24) is 19.4 Å². The van der Waals surface area contributed by atoms with E-state index in [1.165, 1.54) is 11.8 Å². The third-order valence-corrected chi connectivity index (χ3v) is 8.57. The molecule has 0 spiro atoms. The number of pyridine rings is 2. The summed E-state index contributed by atoms with van der Waals surface area (Å²) in [6.07, 6.45) is -4.16. The van der Waals surface area contributed by atoms with Gasteiger partial charge in [-0.2, -0.15) is 13.2 Å². The molecule has 0 fully saturated rings. The largest absolute Gasteiger partial charge is 0.417 e. The van der Waals surface area contributed by atoms with E-state index in [1.54, 1.807) is 17.6 Å². The van der Waals surface area contributed by atoms with E-state index in [0.717, 1.165) is 17.2 Å². The number of aromatic nitrogens is 3. The molecule has 212 valence electrons. The molecule has 0 saturated carbocycles. The first-order valence-corrected chi connectivity index (χ1v) is 16.4. The molecule has 13 heteroatoms. The standard InChI is InChI=1S/C26H33F4N5O3Si/c1-6-34(15(2)22-19(27)9-16(11-32-22)26(28,29)30)25(36)21-10-20-23(17-12-38-13-18(17)24(31)33-20)35(21)14-37-7-8-39(3,4)5/h9-11,15H,6-8,12-14H2,1-5H3,(H2,31,33)/t15-/m1/s1. The summed E-state index contributed by atoms with van der Waals surface area (Å²) in [4.78, 5) is 23.5. The number of nitrogens with zero attached hydrogens (tertiary/aromatic N) is 4. The lowest BCUT2D eigenvalue weighted by molar-refractivity contribution is -0.138. The Bertz CT molecular complexity index is 1390. The second-order valence-corrected chi connectivity index (χ2v) is 16.5. The average molecular weight is 568 g/mol. The summed E-state index contributed by atoms with van der Waals surface area (Å²) in [5, 5.41) is 0. The maximum absolute atomic E-state index is 14.8. The molecule has 4 heterocycles. The van der Waals surface area contributed by atoms with Gasteiger partial charge in [0.2, 0.25) is 0 Å². The number of halogens is 4. The lowest BCUT2D eigenvalue weighted by Crippen LogP contribution is -2.36. The summed E-state index contributed by atoms with van der Waals surface area (Å²) in [6, 6.07) is 1.99. The number of nitrogen functional groups attached to an aromatic ring is 1. The molecule has 2 N–H and O–H groups in total. The molecular weight excluding hydrogens is 534 g/mol. The Labute approximate surface area is 225 Å². The zero-order chi connectivity index (χ0) is 28.7. The highest BCUT2D eigenvalue weighted by molar-refractivity contribution is 6.76. The first kappa shape index (κ1) is 29.0. The van der Waals surface area contributed by atoms with E-state index < -0.39 is 37.6 Å². The predicted octanol–water partition coefficient (Wildman–Crippen LogP) is 5.74. The molecule has 1 amide bonds. The monoisotopic (exact) mass is 567 g/mol. The molecule has 0 radical (unpaired) electrons. The molecule has 3 aromatic heterocycles. The van der Waals surface area contributed by atoms with Crippen molar-refractivity contribution in [2.75, 3.05) is 18.9 Å². The maximum Gasteiger partial charge on any atom is 0.417 e.